The predicted molar refractivity (Wildman–Crippen MR) is 141 cm³/mol. The van der Waals surface area contributed by atoms with Crippen molar-refractivity contribution in [2.45, 2.75) is 18.6 Å². The van der Waals surface area contributed by atoms with E-state index in [1.54, 1.807) is 35.6 Å². The van der Waals surface area contributed by atoms with Crippen molar-refractivity contribution in [3.8, 4) is 10.6 Å². The van der Waals surface area contributed by atoms with E-state index in [0.29, 0.717) is 21.6 Å². The third kappa shape index (κ3) is 5.14. The maximum atomic E-state index is 12.6. The molecule has 9 heteroatoms. The molecule has 2 N–H and O–H groups in total. The van der Waals surface area contributed by atoms with Crippen molar-refractivity contribution in [2.24, 2.45) is 4.99 Å². The number of aryl methyl sites for hydroxylation is 1. The van der Waals surface area contributed by atoms with E-state index in [-0.39, 0.29) is 18.2 Å². The molecule has 170 valence electrons. The van der Waals surface area contributed by atoms with Crippen molar-refractivity contribution < 1.29 is 9.59 Å². The van der Waals surface area contributed by atoms with Crippen LogP contribution in [0.5, 0.6) is 0 Å². The van der Waals surface area contributed by atoms with Crippen LogP contribution in [-0.2, 0) is 9.59 Å². The number of aliphatic imine (C=N–C) groups is 1. The van der Waals surface area contributed by atoms with E-state index in [1.165, 1.54) is 17.3 Å². The highest BCUT2D eigenvalue weighted by atomic mass is 35.5. The Morgan fingerprint density at radius 2 is 1.88 bits per heavy atom. The van der Waals surface area contributed by atoms with E-state index in [4.69, 9.17) is 16.6 Å². The number of amidine groups is 1. The fourth-order valence-corrected chi connectivity index (χ4v) is 5.64. The first-order valence-electron chi connectivity index (χ1n) is 10.5. The zero-order chi connectivity index (χ0) is 23.7. The van der Waals surface area contributed by atoms with Crippen LogP contribution in [0.25, 0.3) is 20.8 Å². The predicted octanol–water partition coefficient (Wildman–Crippen LogP) is 6.17. The van der Waals surface area contributed by atoms with Crippen molar-refractivity contribution in [1.82, 2.24) is 10.3 Å². The lowest BCUT2D eigenvalue weighted by atomic mass is 10.2. The maximum Gasteiger partial charge on any atom is 0.240 e. The molecule has 3 aromatic carbocycles. The summed E-state index contributed by atoms with van der Waals surface area (Å²) in [5, 5.41) is 7.09. The van der Waals surface area contributed by atoms with Crippen LogP contribution in [-0.4, -0.2) is 27.2 Å². The molecule has 1 aliphatic rings. The Morgan fingerprint density at radius 1 is 1.12 bits per heavy atom. The van der Waals surface area contributed by atoms with Gasteiger partial charge < -0.3 is 10.6 Å². The highest BCUT2D eigenvalue weighted by molar-refractivity contribution is 8.15. The Labute approximate surface area is 209 Å². The van der Waals surface area contributed by atoms with Crippen molar-refractivity contribution in [3.63, 3.8) is 0 Å². The van der Waals surface area contributed by atoms with Crippen LogP contribution >= 0.6 is 34.7 Å². The second kappa shape index (κ2) is 9.58. The number of carbonyl (C=O) groups is 2. The fraction of sp³-hybridized carbons (Fsp3) is 0.120. The van der Waals surface area contributed by atoms with Crippen molar-refractivity contribution in [1.29, 1.82) is 0 Å². The number of carbonyl (C=O) groups excluding carboxylic acids is 2. The minimum absolute atomic E-state index is 0.0507. The second-order valence-electron chi connectivity index (χ2n) is 7.81. The molecule has 0 bridgehead atoms. The van der Waals surface area contributed by atoms with Gasteiger partial charge in [-0.2, -0.15) is 0 Å². The van der Waals surface area contributed by atoms with Gasteiger partial charge in [-0.25, -0.2) is 9.98 Å². The standard InChI is InChI=1S/C25H19ClN4O2S2/c1-14-2-11-19-20(12-14)33-24(29-19)15-3-7-17(8-4-15)27-22(31)13-21-23(32)30-25(34-21)28-18-9-5-16(26)6-10-18/h2-12,21H,13H2,1H3,(H,27,31)(H,28,30,32)/t21-/m0/s1. The summed E-state index contributed by atoms with van der Waals surface area (Å²) < 4.78 is 1.15. The van der Waals surface area contributed by atoms with Crippen molar-refractivity contribution >= 4 is 73.3 Å². The molecule has 1 aromatic heterocycles. The molecule has 0 unspecified atom stereocenters. The van der Waals surface area contributed by atoms with Crippen LogP contribution in [0.2, 0.25) is 5.02 Å². The van der Waals surface area contributed by atoms with Crippen LogP contribution in [0, 0.1) is 6.92 Å². The molecule has 2 heterocycles. The lowest BCUT2D eigenvalue weighted by Crippen LogP contribution is -2.28. The topological polar surface area (TPSA) is 83.4 Å². The molecule has 4 aromatic rings. The van der Waals surface area contributed by atoms with Crippen LogP contribution < -0.4 is 10.6 Å². The Kier molecular flexibility index (Phi) is 6.36. The SMILES string of the molecule is Cc1ccc2nc(-c3ccc(NC(=O)C[C@@H]4SC(=Nc5ccc(Cl)cc5)NC4=O)cc3)sc2c1. The number of hydrogen-bond donors (Lipinski definition) is 2. The normalized spacial score (nSPS) is 16.7. The number of nitrogens with one attached hydrogen (secondary N) is 2. The Balaban J connectivity index is 1.20. The first-order chi connectivity index (χ1) is 16.4. The fourth-order valence-electron chi connectivity index (χ4n) is 3.46. The molecular formula is C25H19ClN4O2S2. The molecule has 34 heavy (non-hydrogen) atoms. The largest absolute Gasteiger partial charge is 0.326 e. The summed E-state index contributed by atoms with van der Waals surface area (Å²) in [6, 6.07) is 20.8. The van der Waals surface area contributed by atoms with Crippen LogP contribution in [0.15, 0.2) is 71.7 Å². The van der Waals surface area contributed by atoms with Crippen molar-refractivity contribution in [3.05, 3.63) is 77.3 Å². The number of hydrogen-bond acceptors (Lipinski definition) is 6. The number of nitrogens with zero attached hydrogens (tertiary/aromatic N) is 2. The first-order valence-corrected chi connectivity index (χ1v) is 12.6. The van der Waals surface area contributed by atoms with E-state index in [0.717, 1.165) is 20.8 Å². The van der Waals surface area contributed by atoms with Gasteiger partial charge in [-0.1, -0.05) is 29.4 Å². The van der Waals surface area contributed by atoms with Gasteiger partial charge in [0.1, 0.15) is 10.3 Å². The molecule has 1 atom stereocenters. The van der Waals surface area contributed by atoms with Crippen LogP contribution in [0.3, 0.4) is 0 Å². The number of thioether (sulfide) groups is 1. The van der Waals surface area contributed by atoms with Gasteiger partial charge >= 0.3 is 0 Å². The zero-order valence-electron chi connectivity index (χ0n) is 18.0. The number of amides is 2. The smallest absolute Gasteiger partial charge is 0.240 e. The van der Waals surface area contributed by atoms with E-state index in [9.17, 15) is 9.59 Å². The number of benzene rings is 3. The van der Waals surface area contributed by atoms with Crippen LogP contribution in [0.4, 0.5) is 11.4 Å². The Hall–Kier alpha value is -3.20. The second-order valence-corrected chi connectivity index (χ2v) is 10.5. The van der Waals surface area contributed by atoms with Crippen LogP contribution in [0.1, 0.15) is 12.0 Å². The summed E-state index contributed by atoms with van der Waals surface area (Å²) in [7, 11) is 0. The lowest BCUT2D eigenvalue weighted by Gasteiger charge is -2.08. The van der Waals surface area contributed by atoms with Crippen molar-refractivity contribution in [2.75, 3.05) is 5.32 Å². The van der Waals surface area contributed by atoms with E-state index in [1.807, 2.05) is 30.3 Å². The summed E-state index contributed by atoms with van der Waals surface area (Å²) in [6.45, 7) is 2.07. The number of rotatable bonds is 5. The van der Waals surface area contributed by atoms with Gasteiger partial charge in [-0.15, -0.1) is 11.3 Å². The molecule has 6 nitrogen and oxygen atoms in total. The molecule has 5 rings (SSSR count). The number of anilines is 1. The molecule has 0 saturated carbocycles. The molecule has 0 radical (unpaired) electrons. The Morgan fingerprint density at radius 3 is 2.65 bits per heavy atom. The average molecular weight is 507 g/mol. The molecule has 0 aliphatic carbocycles. The monoisotopic (exact) mass is 506 g/mol. The van der Waals surface area contributed by atoms with Gasteiger partial charge in [0.2, 0.25) is 11.8 Å². The summed E-state index contributed by atoms with van der Waals surface area (Å²) in [4.78, 5) is 33.9. The van der Waals surface area contributed by atoms with Gasteiger partial charge in [-0.05, 0) is 73.2 Å². The number of thiazole rings is 1. The highest BCUT2D eigenvalue weighted by Crippen LogP contribution is 2.31. The summed E-state index contributed by atoms with van der Waals surface area (Å²) >= 11 is 8.78. The minimum atomic E-state index is -0.531. The van der Waals surface area contributed by atoms with Gasteiger partial charge in [-0.3, -0.25) is 9.59 Å². The molecular weight excluding hydrogens is 488 g/mol. The quantitative estimate of drug-likeness (QED) is 0.339. The molecule has 1 saturated heterocycles. The number of aromatic nitrogens is 1. The van der Waals surface area contributed by atoms with E-state index in [2.05, 4.69) is 34.7 Å². The summed E-state index contributed by atoms with van der Waals surface area (Å²) in [5.41, 5.74) is 4.53. The molecule has 2 amide bonds. The molecule has 0 spiro atoms. The van der Waals surface area contributed by atoms with Gasteiger partial charge in [0.15, 0.2) is 5.17 Å². The molecule has 1 aliphatic heterocycles. The third-order valence-electron chi connectivity index (χ3n) is 5.16. The third-order valence-corrected chi connectivity index (χ3v) is 7.57. The minimum Gasteiger partial charge on any atom is -0.326 e. The number of halogens is 1. The Bertz CT molecular complexity index is 1420. The van der Waals surface area contributed by atoms with Gasteiger partial charge in [0.25, 0.3) is 0 Å². The summed E-state index contributed by atoms with van der Waals surface area (Å²) in [5.74, 6) is -0.460. The summed E-state index contributed by atoms with van der Waals surface area (Å²) in [6.07, 6.45) is 0.0507. The average Bonchev–Trinajstić information content (AvgIpc) is 3.38. The van der Waals surface area contributed by atoms with Gasteiger partial charge in [0, 0.05) is 22.7 Å². The maximum absolute atomic E-state index is 12.6. The first kappa shape index (κ1) is 22.6. The molecule has 1 fully saturated rings. The lowest BCUT2D eigenvalue weighted by molar-refractivity contribution is -0.122. The number of fused-ring (bicyclic) bond motifs is 1. The van der Waals surface area contributed by atoms with E-state index < -0.39 is 5.25 Å². The van der Waals surface area contributed by atoms with E-state index >= 15 is 0 Å². The van der Waals surface area contributed by atoms with Gasteiger partial charge in [0.05, 0.1) is 15.9 Å². The zero-order valence-corrected chi connectivity index (χ0v) is 20.4. The highest BCUT2D eigenvalue weighted by Gasteiger charge is 2.32.